The first-order valence-electron chi connectivity index (χ1n) is 16.6. The van der Waals surface area contributed by atoms with Gasteiger partial charge in [0.2, 0.25) is 0 Å². The average Bonchev–Trinajstić information content (AvgIpc) is 3.77. The molecule has 50 heavy (non-hydrogen) atoms. The highest BCUT2D eigenvalue weighted by molar-refractivity contribution is 7.25. The van der Waals surface area contributed by atoms with Crippen LogP contribution in [0.1, 0.15) is 0 Å². The van der Waals surface area contributed by atoms with E-state index in [0.717, 1.165) is 72.4 Å². The fourth-order valence-electron chi connectivity index (χ4n) is 6.96. The van der Waals surface area contributed by atoms with Crippen LogP contribution in [0.2, 0.25) is 0 Å². The number of thiophene rings is 1. The highest BCUT2D eigenvalue weighted by atomic mass is 32.1. The molecule has 0 spiro atoms. The molecule has 5 heteroatoms. The second kappa shape index (κ2) is 11.6. The minimum atomic E-state index is 0.661. The topological polar surface area (TPSA) is 51.8 Å². The quantitative estimate of drug-likeness (QED) is 0.185. The van der Waals surface area contributed by atoms with Crippen LogP contribution in [0.5, 0.6) is 0 Å². The Hall–Kier alpha value is -6.43. The lowest BCUT2D eigenvalue weighted by Crippen LogP contribution is -1.96. The predicted octanol–water partition coefficient (Wildman–Crippen LogP) is 12.5. The maximum Gasteiger partial charge on any atom is 0.160 e. The Morgan fingerprint density at radius 1 is 0.440 bits per heavy atom. The molecule has 4 nitrogen and oxygen atoms in total. The maximum absolute atomic E-state index is 6.72. The Bertz CT molecular complexity index is 2860. The Balaban J connectivity index is 1.18. The molecule has 0 fully saturated rings. The fraction of sp³-hybridized carbons (Fsp3) is 0. The molecule has 0 aliphatic rings. The van der Waals surface area contributed by atoms with Crippen LogP contribution in [-0.2, 0) is 0 Å². The molecule has 0 bridgehead atoms. The van der Waals surface area contributed by atoms with E-state index in [9.17, 15) is 0 Å². The molecule has 10 rings (SSSR count). The highest BCUT2D eigenvalue weighted by Crippen LogP contribution is 2.44. The smallest absolute Gasteiger partial charge is 0.160 e. The average molecular weight is 658 g/mol. The zero-order valence-corrected chi connectivity index (χ0v) is 27.6. The van der Waals surface area contributed by atoms with Gasteiger partial charge < -0.3 is 4.42 Å². The number of rotatable bonds is 5. The molecular formula is C45H27N3OS. The maximum atomic E-state index is 6.72. The normalized spacial score (nSPS) is 11.6. The third kappa shape index (κ3) is 4.79. The minimum absolute atomic E-state index is 0.661. The van der Waals surface area contributed by atoms with E-state index >= 15 is 0 Å². The zero-order valence-electron chi connectivity index (χ0n) is 26.7. The molecule has 4 aromatic heterocycles. The number of para-hydroxylation sites is 1. The van der Waals surface area contributed by atoms with Gasteiger partial charge in [-0.05, 0) is 54.1 Å². The Kier molecular flexibility index (Phi) is 6.64. The second-order valence-corrected chi connectivity index (χ2v) is 13.5. The van der Waals surface area contributed by atoms with E-state index in [-0.39, 0.29) is 0 Å². The molecule has 4 heterocycles. The van der Waals surface area contributed by atoms with Crippen LogP contribution in [0.4, 0.5) is 0 Å². The van der Waals surface area contributed by atoms with Crippen molar-refractivity contribution in [2.75, 3.05) is 0 Å². The monoisotopic (exact) mass is 657 g/mol. The fourth-order valence-corrected chi connectivity index (χ4v) is 8.04. The van der Waals surface area contributed by atoms with Gasteiger partial charge in [-0.3, -0.25) is 4.98 Å². The summed E-state index contributed by atoms with van der Waals surface area (Å²) < 4.78 is 9.29. The summed E-state index contributed by atoms with van der Waals surface area (Å²) in [5, 5.41) is 4.64. The molecule has 10 aromatic rings. The van der Waals surface area contributed by atoms with Gasteiger partial charge in [-0.2, -0.15) is 0 Å². The number of aromatic nitrogens is 3. The van der Waals surface area contributed by atoms with Crippen LogP contribution in [-0.4, -0.2) is 15.0 Å². The summed E-state index contributed by atoms with van der Waals surface area (Å²) in [4.78, 5) is 14.9. The lowest BCUT2D eigenvalue weighted by Gasteiger charge is -2.12. The molecule has 0 saturated carbocycles. The summed E-state index contributed by atoms with van der Waals surface area (Å²) >= 11 is 1.83. The van der Waals surface area contributed by atoms with E-state index in [1.807, 2.05) is 66.1 Å². The standard InChI is InChI=1S/C45H27N3OS/c1-2-10-28(11-3-1)38-27-39(48-45(47-38)30-19-17-29(18-20-30)37-14-8-9-25-46-37)34-23-22-32(44-43(34)35-13-4-6-15-40(35)49-44)31-21-24-42-36(26-31)33-12-5-7-16-41(33)50-42/h1-27H. The van der Waals surface area contributed by atoms with Gasteiger partial charge in [0, 0.05) is 65.0 Å². The summed E-state index contributed by atoms with van der Waals surface area (Å²) in [6.45, 7) is 0. The van der Waals surface area contributed by atoms with Crippen LogP contribution < -0.4 is 0 Å². The Morgan fingerprint density at radius 3 is 1.98 bits per heavy atom. The van der Waals surface area contributed by atoms with Crippen molar-refractivity contribution in [1.82, 2.24) is 15.0 Å². The first-order chi connectivity index (χ1) is 24.8. The molecule has 0 saturated heterocycles. The molecule has 234 valence electrons. The zero-order chi connectivity index (χ0) is 33.0. The van der Waals surface area contributed by atoms with Gasteiger partial charge in [0.1, 0.15) is 11.2 Å². The van der Waals surface area contributed by atoms with Crippen molar-refractivity contribution in [3.05, 3.63) is 164 Å². The minimum Gasteiger partial charge on any atom is -0.455 e. The Morgan fingerprint density at radius 2 is 1.12 bits per heavy atom. The van der Waals surface area contributed by atoms with Crippen molar-refractivity contribution in [3.63, 3.8) is 0 Å². The molecular weight excluding hydrogens is 631 g/mol. The van der Waals surface area contributed by atoms with E-state index < -0.39 is 0 Å². The molecule has 0 radical (unpaired) electrons. The first-order valence-corrected chi connectivity index (χ1v) is 17.4. The van der Waals surface area contributed by atoms with Crippen LogP contribution in [0, 0.1) is 0 Å². The summed E-state index contributed by atoms with van der Waals surface area (Å²) in [6, 6.07) is 54.7. The molecule has 0 N–H and O–H groups in total. The van der Waals surface area contributed by atoms with Crippen molar-refractivity contribution in [3.8, 4) is 56.3 Å². The highest BCUT2D eigenvalue weighted by Gasteiger charge is 2.20. The molecule has 0 aliphatic carbocycles. The van der Waals surface area contributed by atoms with Crippen LogP contribution in [0.15, 0.2) is 168 Å². The van der Waals surface area contributed by atoms with Gasteiger partial charge in [0.15, 0.2) is 5.82 Å². The molecule has 0 aliphatic heterocycles. The lowest BCUT2D eigenvalue weighted by atomic mass is 9.95. The summed E-state index contributed by atoms with van der Waals surface area (Å²) in [6.07, 6.45) is 1.82. The third-order valence-electron chi connectivity index (χ3n) is 9.39. The van der Waals surface area contributed by atoms with Crippen LogP contribution in [0.3, 0.4) is 0 Å². The largest absolute Gasteiger partial charge is 0.455 e. The summed E-state index contributed by atoms with van der Waals surface area (Å²) in [7, 11) is 0. The van der Waals surface area contributed by atoms with Gasteiger partial charge in [0.25, 0.3) is 0 Å². The second-order valence-electron chi connectivity index (χ2n) is 12.4. The molecule has 0 amide bonds. The van der Waals surface area contributed by atoms with Gasteiger partial charge in [-0.1, -0.05) is 109 Å². The number of fused-ring (bicyclic) bond motifs is 6. The van der Waals surface area contributed by atoms with E-state index in [0.29, 0.717) is 5.82 Å². The van der Waals surface area contributed by atoms with Crippen LogP contribution in [0.25, 0.3) is 98.4 Å². The number of hydrogen-bond donors (Lipinski definition) is 0. The van der Waals surface area contributed by atoms with Crippen molar-refractivity contribution in [2.24, 2.45) is 0 Å². The van der Waals surface area contributed by atoms with Crippen molar-refractivity contribution in [1.29, 1.82) is 0 Å². The number of nitrogens with zero attached hydrogens (tertiary/aromatic N) is 3. The molecule has 0 atom stereocenters. The number of hydrogen-bond acceptors (Lipinski definition) is 5. The number of furan rings is 1. The SMILES string of the molecule is c1ccc(-c2cc(-c3ccc(-c4ccc5sc6ccccc6c5c4)c4oc5ccccc5c34)nc(-c3ccc(-c4ccccn4)cc3)n2)cc1. The first kappa shape index (κ1) is 28.6. The Labute approximate surface area is 292 Å². The number of benzene rings is 6. The lowest BCUT2D eigenvalue weighted by molar-refractivity contribution is 0.670. The van der Waals surface area contributed by atoms with Gasteiger partial charge in [-0.25, -0.2) is 9.97 Å². The number of pyridine rings is 1. The van der Waals surface area contributed by atoms with Crippen molar-refractivity contribution >= 4 is 53.4 Å². The van der Waals surface area contributed by atoms with Crippen molar-refractivity contribution in [2.45, 2.75) is 0 Å². The van der Waals surface area contributed by atoms with E-state index in [1.165, 1.54) is 20.2 Å². The van der Waals surface area contributed by atoms with Crippen molar-refractivity contribution < 1.29 is 4.42 Å². The summed E-state index contributed by atoms with van der Waals surface area (Å²) in [5.74, 6) is 0.661. The third-order valence-corrected chi connectivity index (χ3v) is 10.5. The van der Waals surface area contributed by atoms with Crippen LogP contribution >= 0.6 is 11.3 Å². The molecule has 6 aromatic carbocycles. The molecule has 0 unspecified atom stereocenters. The summed E-state index contributed by atoms with van der Waals surface area (Å²) in [5.41, 5.74) is 10.5. The van der Waals surface area contributed by atoms with Gasteiger partial charge in [0.05, 0.1) is 17.1 Å². The van der Waals surface area contributed by atoms with E-state index in [4.69, 9.17) is 14.4 Å². The van der Waals surface area contributed by atoms with E-state index in [2.05, 4.69) is 114 Å². The predicted molar refractivity (Wildman–Crippen MR) is 207 cm³/mol. The van der Waals surface area contributed by atoms with Gasteiger partial charge >= 0.3 is 0 Å². The van der Waals surface area contributed by atoms with E-state index in [1.54, 1.807) is 0 Å². The van der Waals surface area contributed by atoms with Gasteiger partial charge in [-0.15, -0.1) is 11.3 Å².